The number of carbonyl (C=O) groups excluding carboxylic acids is 5. The van der Waals surface area contributed by atoms with Gasteiger partial charge in [0.2, 0.25) is 11.8 Å². The highest BCUT2D eigenvalue weighted by Gasteiger charge is 2.42. The minimum atomic E-state index is -0.660. The molecule has 1 aromatic rings. The molecule has 0 aromatic heterocycles. The molecule has 0 bridgehead atoms. The third kappa shape index (κ3) is 11.5. The van der Waals surface area contributed by atoms with Gasteiger partial charge in [-0.25, -0.2) is 9.59 Å². The Hall–Kier alpha value is -4.63. The number of alkyl carbamates (subject to hydrolysis) is 1. The lowest BCUT2D eigenvalue weighted by Gasteiger charge is -2.31. The summed E-state index contributed by atoms with van der Waals surface area (Å²) in [5, 5.41) is 30.8. The highest BCUT2D eigenvalue weighted by Crippen LogP contribution is 2.34. The summed E-state index contributed by atoms with van der Waals surface area (Å²) in [4.78, 5) is 64.3. The first-order chi connectivity index (χ1) is 24.1. The first-order valence-corrected chi connectivity index (χ1v) is 18.1. The van der Waals surface area contributed by atoms with E-state index in [1.807, 2.05) is 30.8 Å². The van der Waals surface area contributed by atoms with E-state index < -0.39 is 23.5 Å². The van der Waals surface area contributed by atoms with Crippen molar-refractivity contribution < 1.29 is 33.8 Å². The number of ether oxygens (including phenoxy) is 1. The second-order valence-corrected chi connectivity index (χ2v) is 14.2. The average molecular weight is 714 g/mol. The van der Waals surface area contributed by atoms with Crippen LogP contribution in [0, 0.1) is 5.41 Å². The first-order valence-electron chi connectivity index (χ1n) is 17.1. The summed E-state index contributed by atoms with van der Waals surface area (Å²) >= 11 is 1.87. The number of hydrogen-bond acceptors (Lipinski definition) is 9. The van der Waals surface area contributed by atoms with Crippen molar-refractivity contribution in [3.05, 3.63) is 46.4 Å². The Kier molecular flexibility index (Phi) is 14.5. The third-order valence-electron chi connectivity index (χ3n) is 9.11. The van der Waals surface area contributed by atoms with Gasteiger partial charge in [0.1, 0.15) is 11.9 Å². The molecule has 2 fully saturated rings. The van der Waals surface area contributed by atoms with Crippen molar-refractivity contribution in [2.24, 2.45) is 10.5 Å². The predicted molar refractivity (Wildman–Crippen MR) is 188 cm³/mol. The van der Waals surface area contributed by atoms with Crippen LogP contribution in [0.4, 0.5) is 15.3 Å². The van der Waals surface area contributed by atoms with Gasteiger partial charge in [0.25, 0.3) is 5.91 Å². The number of urea groups is 1. The van der Waals surface area contributed by atoms with E-state index in [0.29, 0.717) is 56.9 Å². The third-order valence-corrected chi connectivity index (χ3v) is 10.6. The number of phenolic OH excluding ortho intramolecular Hbond substituents is 1. The number of benzene rings is 1. The van der Waals surface area contributed by atoms with E-state index in [9.17, 15) is 29.1 Å². The summed E-state index contributed by atoms with van der Waals surface area (Å²) in [6, 6.07) is 4.21. The number of phenols is 1. The second-order valence-electron chi connectivity index (χ2n) is 12.9. The molecule has 4 rings (SSSR count). The maximum atomic E-state index is 13.1. The van der Waals surface area contributed by atoms with Crippen molar-refractivity contribution in [1.82, 2.24) is 31.9 Å². The molecule has 1 aromatic carbocycles. The molecule has 50 heavy (non-hydrogen) atoms. The van der Waals surface area contributed by atoms with Gasteiger partial charge in [-0.3, -0.25) is 14.4 Å². The topological polar surface area (TPSA) is 236 Å². The number of azide groups is 1. The van der Waals surface area contributed by atoms with Gasteiger partial charge in [-0.05, 0) is 68.7 Å². The number of allylic oxidation sites excluding steroid dienone is 1. The molecule has 0 saturated carbocycles. The number of thioether (sulfide) groups is 1. The zero-order chi connectivity index (χ0) is 35.9. The molecule has 272 valence electrons. The molecule has 2 saturated heterocycles. The van der Waals surface area contributed by atoms with Crippen LogP contribution in [0.15, 0.2) is 35.5 Å². The van der Waals surface area contributed by atoms with Gasteiger partial charge in [-0.2, -0.15) is 11.8 Å². The number of carbonyl (C=O) groups is 5. The van der Waals surface area contributed by atoms with Crippen LogP contribution in [0.3, 0.4) is 0 Å². The van der Waals surface area contributed by atoms with E-state index in [1.165, 1.54) is 18.2 Å². The van der Waals surface area contributed by atoms with Crippen LogP contribution in [0.2, 0.25) is 0 Å². The molecule has 2 aliphatic heterocycles. The van der Waals surface area contributed by atoms with Crippen molar-refractivity contribution in [2.75, 3.05) is 31.9 Å². The fraction of sp³-hybridized carbons (Fsp3) is 0.606. The Morgan fingerprint density at radius 1 is 1.06 bits per heavy atom. The fourth-order valence-corrected chi connectivity index (χ4v) is 7.74. The zero-order valence-electron chi connectivity index (χ0n) is 28.2. The van der Waals surface area contributed by atoms with E-state index in [2.05, 4.69) is 41.9 Å². The summed E-state index contributed by atoms with van der Waals surface area (Å²) < 4.78 is 5.54. The van der Waals surface area contributed by atoms with Crippen LogP contribution < -0.4 is 31.9 Å². The van der Waals surface area contributed by atoms with Gasteiger partial charge in [0.05, 0.1) is 17.6 Å². The van der Waals surface area contributed by atoms with Crippen LogP contribution in [0.5, 0.6) is 5.75 Å². The van der Waals surface area contributed by atoms with Crippen LogP contribution in [-0.4, -0.2) is 90.3 Å². The lowest BCUT2D eigenvalue weighted by atomic mass is 9.78. The highest BCUT2D eigenvalue weighted by molar-refractivity contribution is 8.00. The molecule has 17 heteroatoms. The SMILES string of the molecule is CC1(C(=O)NCCCNC(=O)CCCCC2SCC3NC(=O)NC32)CC/C=C/C(OC(=O)NCCNC(=O)c2ccc(N=[N+]=[N-])cc2O)CC1. The normalized spacial score (nSPS) is 24.5. The quantitative estimate of drug-likeness (QED) is 0.0333. The minimum absolute atomic E-state index is 0.00165. The molecular formula is C33H47N9O7S. The number of rotatable bonds is 16. The van der Waals surface area contributed by atoms with Crippen molar-refractivity contribution >= 4 is 47.3 Å². The number of nitrogens with zero attached hydrogens (tertiary/aromatic N) is 3. The fourth-order valence-electron chi connectivity index (χ4n) is 6.19. The van der Waals surface area contributed by atoms with Crippen LogP contribution >= 0.6 is 11.8 Å². The molecule has 3 aliphatic rings. The van der Waals surface area contributed by atoms with Gasteiger partial charge in [0.15, 0.2) is 0 Å². The maximum absolute atomic E-state index is 13.1. The van der Waals surface area contributed by atoms with Crippen molar-refractivity contribution in [3.8, 4) is 5.75 Å². The van der Waals surface area contributed by atoms with E-state index in [1.54, 1.807) is 0 Å². The molecule has 6 amide bonds. The van der Waals surface area contributed by atoms with Crippen LogP contribution in [0.25, 0.3) is 10.4 Å². The molecular weight excluding hydrogens is 666 g/mol. The number of amides is 6. The van der Waals surface area contributed by atoms with Crippen molar-refractivity contribution in [1.29, 1.82) is 0 Å². The molecule has 16 nitrogen and oxygen atoms in total. The maximum Gasteiger partial charge on any atom is 0.407 e. The van der Waals surface area contributed by atoms with Crippen molar-refractivity contribution in [2.45, 2.75) is 88.1 Å². The smallest absolute Gasteiger partial charge is 0.407 e. The van der Waals surface area contributed by atoms with E-state index in [4.69, 9.17) is 10.3 Å². The standard InChI is InChI=1S/C33H47N9O7S/c1-33(30(46)37-16-6-15-35-27(44)9-3-2-8-26-28-24(20-50-26)39-31(47)40-28)13-5-4-7-22(12-14-33)49-32(48)38-18-17-36-29(45)23-11-10-21(41-42-34)19-25(23)43/h4,7,10-11,19,22,24,26,28,43H,2-3,5-6,8-9,12-18,20H2,1H3,(H,35,44)(H,36,45)(H,37,46)(H,38,48)(H2,39,40,47)/b7-4+. The highest BCUT2D eigenvalue weighted by atomic mass is 32.2. The summed E-state index contributed by atoms with van der Waals surface area (Å²) in [6.45, 7) is 2.98. The molecule has 1 aliphatic carbocycles. The number of nitrogens with one attached hydrogen (secondary N) is 6. The molecule has 2 heterocycles. The molecule has 0 radical (unpaired) electrons. The Labute approximate surface area is 295 Å². The van der Waals surface area contributed by atoms with Gasteiger partial charge in [0, 0.05) is 59.6 Å². The number of hydrogen-bond donors (Lipinski definition) is 7. The Bertz CT molecular complexity index is 1470. The van der Waals surface area contributed by atoms with Gasteiger partial charge < -0.3 is 41.7 Å². The summed E-state index contributed by atoms with van der Waals surface area (Å²) in [6.07, 6.45) is 8.57. The first kappa shape index (κ1) is 38.2. The van der Waals surface area contributed by atoms with Crippen LogP contribution in [0.1, 0.15) is 75.1 Å². The summed E-state index contributed by atoms with van der Waals surface area (Å²) in [5.74, 6) is -0.0439. The zero-order valence-corrected chi connectivity index (χ0v) is 29.1. The molecule has 5 unspecified atom stereocenters. The monoisotopic (exact) mass is 713 g/mol. The molecule has 0 spiro atoms. The van der Waals surface area contributed by atoms with Crippen LogP contribution in [-0.2, 0) is 14.3 Å². The van der Waals surface area contributed by atoms with E-state index >= 15 is 0 Å². The van der Waals surface area contributed by atoms with Gasteiger partial charge >= 0.3 is 12.1 Å². The number of fused-ring (bicyclic) bond motifs is 1. The predicted octanol–water partition coefficient (Wildman–Crippen LogP) is 3.64. The van der Waals surface area contributed by atoms with Gasteiger partial charge in [-0.1, -0.05) is 30.6 Å². The number of unbranched alkanes of at least 4 members (excludes halogenated alkanes) is 1. The van der Waals surface area contributed by atoms with Crippen molar-refractivity contribution in [3.63, 3.8) is 0 Å². The summed E-state index contributed by atoms with van der Waals surface area (Å²) in [5.41, 5.74) is 8.01. The average Bonchev–Trinajstić information content (AvgIpc) is 3.63. The van der Waals surface area contributed by atoms with E-state index in [0.717, 1.165) is 25.0 Å². The van der Waals surface area contributed by atoms with Gasteiger partial charge in [-0.15, -0.1) is 0 Å². The Morgan fingerprint density at radius 3 is 2.66 bits per heavy atom. The Morgan fingerprint density at radius 2 is 1.86 bits per heavy atom. The number of aromatic hydroxyl groups is 1. The summed E-state index contributed by atoms with van der Waals surface area (Å²) in [7, 11) is 0. The lowest BCUT2D eigenvalue weighted by molar-refractivity contribution is -0.131. The molecule has 5 atom stereocenters. The largest absolute Gasteiger partial charge is 0.507 e. The minimum Gasteiger partial charge on any atom is -0.507 e. The van der Waals surface area contributed by atoms with E-state index in [-0.39, 0.29) is 60.0 Å². The molecule has 7 N–H and O–H groups in total. The Balaban J connectivity index is 1.05. The second kappa shape index (κ2) is 18.9. The lowest BCUT2D eigenvalue weighted by Crippen LogP contribution is -2.41.